The topological polar surface area (TPSA) is 12.1 Å². The fourth-order valence-corrected chi connectivity index (χ4v) is 9.92. The van der Waals surface area contributed by atoms with E-state index in [1.807, 2.05) is 11.3 Å². The van der Waals surface area contributed by atoms with Crippen LogP contribution in [0.2, 0.25) is 0 Å². The van der Waals surface area contributed by atoms with Gasteiger partial charge in [0.05, 0.1) is 38.8 Å². The lowest BCUT2D eigenvalue weighted by Gasteiger charge is -2.28. The van der Waals surface area contributed by atoms with E-state index in [2.05, 4.69) is 190 Å². The molecule has 0 atom stereocenters. The maximum Gasteiger partial charge on any atom is 0.0789 e. The Hall–Kier alpha value is -6.62. The van der Waals surface area contributed by atoms with Crippen LogP contribution in [-0.4, -0.2) is 8.80 Å². The van der Waals surface area contributed by atoms with Crippen LogP contribution in [0.25, 0.3) is 85.9 Å². The average Bonchev–Trinajstić information content (AvgIpc) is 3.87. The average molecular weight is 680 g/mol. The van der Waals surface area contributed by atoms with Gasteiger partial charge in [0, 0.05) is 58.7 Å². The summed E-state index contributed by atoms with van der Waals surface area (Å²) in [5, 5.41) is 7.71. The molecule has 0 aliphatic heterocycles. The molecular formula is C48H29N3S. The van der Waals surface area contributed by atoms with E-state index in [0.29, 0.717) is 0 Å². The highest BCUT2D eigenvalue weighted by atomic mass is 32.1. The minimum absolute atomic E-state index is 1.11. The van der Waals surface area contributed by atoms with Crippen molar-refractivity contribution < 1.29 is 0 Å². The van der Waals surface area contributed by atoms with Gasteiger partial charge in [-0.25, -0.2) is 0 Å². The molecule has 3 nitrogen and oxygen atoms in total. The van der Waals surface area contributed by atoms with E-state index < -0.39 is 0 Å². The SMILES string of the molecule is c1ccc(-c2ccccc2N(c2ccc3sc4ccccc4c3c2)c2ccc3c(c2)n2c4ccccc4c4ccc5c6ccccc6n3c5c42)cc1. The summed E-state index contributed by atoms with van der Waals surface area (Å²) in [5.41, 5.74) is 13.1. The predicted octanol–water partition coefficient (Wildman–Crippen LogP) is 13.7. The van der Waals surface area contributed by atoms with Crippen LogP contribution in [0.1, 0.15) is 0 Å². The van der Waals surface area contributed by atoms with Gasteiger partial charge in [-0.2, -0.15) is 0 Å². The van der Waals surface area contributed by atoms with Gasteiger partial charge in [-0.1, -0.05) is 115 Å². The molecule has 4 heterocycles. The van der Waals surface area contributed by atoms with E-state index in [1.54, 1.807) is 0 Å². The third-order valence-electron chi connectivity index (χ3n) is 11.0. The molecular weight excluding hydrogens is 651 g/mol. The predicted molar refractivity (Wildman–Crippen MR) is 223 cm³/mol. The van der Waals surface area contributed by atoms with E-state index in [1.165, 1.54) is 85.9 Å². The molecule has 0 saturated heterocycles. The monoisotopic (exact) mass is 679 g/mol. The number of para-hydroxylation sites is 3. The molecule has 0 aliphatic rings. The molecule has 0 spiro atoms. The first-order valence-corrected chi connectivity index (χ1v) is 18.6. The standard InChI is InChI=1S/C48H29N3S/c1-2-12-30(13-3-1)33-14-4-8-18-40(33)49(31-23-27-46-39(28-31)36-17-7-11-21-45(36)52-46)32-22-26-43-44(29-32)51-42-20-10-6-16-35(42)38-25-24-37-34-15-5-9-19-41(34)50(43)47(37)48(38)51/h1-29H. The maximum atomic E-state index is 2.52. The normalized spacial score (nSPS) is 12.2. The van der Waals surface area contributed by atoms with E-state index in [4.69, 9.17) is 0 Å². The summed E-state index contributed by atoms with van der Waals surface area (Å²) < 4.78 is 7.62. The molecule has 52 heavy (non-hydrogen) atoms. The molecule has 0 aliphatic carbocycles. The number of nitrogens with zero attached hydrogens (tertiary/aromatic N) is 3. The number of fused-ring (bicyclic) bond motifs is 12. The number of thiophene rings is 1. The lowest BCUT2D eigenvalue weighted by molar-refractivity contribution is 1.24. The third-order valence-corrected chi connectivity index (χ3v) is 12.2. The lowest BCUT2D eigenvalue weighted by Crippen LogP contribution is -2.11. The van der Waals surface area contributed by atoms with Crippen LogP contribution in [0, 0.1) is 0 Å². The Kier molecular flexibility index (Phi) is 5.65. The third kappa shape index (κ3) is 3.74. The molecule has 0 amide bonds. The van der Waals surface area contributed by atoms with Gasteiger partial charge in [0.15, 0.2) is 0 Å². The maximum absolute atomic E-state index is 2.52. The van der Waals surface area contributed by atoms with Crippen molar-refractivity contribution >= 4 is 103 Å². The van der Waals surface area contributed by atoms with Gasteiger partial charge in [0.1, 0.15) is 0 Å². The smallest absolute Gasteiger partial charge is 0.0789 e. The lowest BCUT2D eigenvalue weighted by atomic mass is 10.0. The van der Waals surface area contributed by atoms with Crippen molar-refractivity contribution in [3.63, 3.8) is 0 Å². The molecule has 4 heteroatoms. The van der Waals surface area contributed by atoms with Crippen molar-refractivity contribution in [3.05, 3.63) is 176 Å². The van der Waals surface area contributed by atoms with Crippen LogP contribution in [-0.2, 0) is 0 Å². The molecule has 12 rings (SSSR count). The van der Waals surface area contributed by atoms with Crippen LogP contribution >= 0.6 is 11.3 Å². The number of rotatable bonds is 4. The second-order valence-electron chi connectivity index (χ2n) is 13.7. The molecule has 12 aromatic rings. The number of benzene rings is 8. The van der Waals surface area contributed by atoms with Crippen molar-refractivity contribution in [2.24, 2.45) is 0 Å². The van der Waals surface area contributed by atoms with Gasteiger partial charge >= 0.3 is 0 Å². The Balaban J connectivity index is 1.22. The number of aromatic nitrogens is 2. The number of hydrogen-bond donors (Lipinski definition) is 0. The largest absolute Gasteiger partial charge is 0.310 e. The quantitative estimate of drug-likeness (QED) is 0.169. The first-order chi connectivity index (χ1) is 25.8. The Bertz CT molecular complexity index is 3360. The zero-order chi connectivity index (χ0) is 33.9. The zero-order valence-electron chi connectivity index (χ0n) is 28.0. The molecule has 0 N–H and O–H groups in total. The van der Waals surface area contributed by atoms with Crippen LogP contribution in [0.5, 0.6) is 0 Å². The van der Waals surface area contributed by atoms with E-state index in [9.17, 15) is 0 Å². The van der Waals surface area contributed by atoms with E-state index >= 15 is 0 Å². The summed E-state index contributed by atoms with van der Waals surface area (Å²) in [5.74, 6) is 0. The molecule has 0 radical (unpaired) electrons. The molecule has 0 bridgehead atoms. The van der Waals surface area contributed by atoms with Crippen molar-refractivity contribution in [1.82, 2.24) is 8.80 Å². The van der Waals surface area contributed by atoms with Crippen molar-refractivity contribution in [2.45, 2.75) is 0 Å². The Labute approximate surface area is 302 Å². The molecule has 242 valence electrons. The zero-order valence-corrected chi connectivity index (χ0v) is 28.8. The minimum Gasteiger partial charge on any atom is -0.310 e. The second kappa shape index (κ2) is 10.5. The van der Waals surface area contributed by atoms with Crippen LogP contribution in [0.3, 0.4) is 0 Å². The highest BCUT2D eigenvalue weighted by Gasteiger charge is 2.24. The Morgan fingerprint density at radius 2 is 0.942 bits per heavy atom. The van der Waals surface area contributed by atoms with Gasteiger partial charge in [-0.3, -0.25) is 0 Å². The second-order valence-corrected chi connectivity index (χ2v) is 14.8. The van der Waals surface area contributed by atoms with Gasteiger partial charge in [-0.15, -0.1) is 11.3 Å². The Morgan fingerprint density at radius 1 is 0.365 bits per heavy atom. The Morgan fingerprint density at radius 3 is 1.71 bits per heavy atom. The van der Waals surface area contributed by atoms with E-state index in [0.717, 1.165) is 17.1 Å². The van der Waals surface area contributed by atoms with Crippen molar-refractivity contribution in [1.29, 1.82) is 0 Å². The van der Waals surface area contributed by atoms with Crippen LogP contribution in [0.4, 0.5) is 17.1 Å². The summed E-state index contributed by atoms with van der Waals surface area (Å²) >= 11 is 1.86. The van der Waals surface area contributed by atoms with Crippen LogP contribution in [0.15, 0.2) is 176 Å². The first-order valence-electron chi connectivity index (χ1n) is 17.8. The molecule has 0 unspecified atom stereocenters. The molecule has 4 aromatic heterocycles. The molecule has 0 fully saturated rings. The first kappa shape index (κ1) is 28.1. The summed E-state index contributed by atoms with van der Waals surface area (Å²) in [7, 11) is 0. The fraction of sp³-hybridized carbons (Fsp3) is 0. The van der Waals surface area contributed by atoms with Gasteiger partial charge < -0.3 is 13.7 Å². The summed E-state index contributed by atoms with van der Waals surface area (Å²) in [6.45, 7) is 0. The highest BCUT2D eigenvalue weighted by Crippen LogP contribution is 2.46. The number of hydrogen-bond acceptors (Lipinski definition) is 2. The van der Waals surface area contributed by atoms with E-state index in [-0.39, 0.29) is 0 Å². The number of anilines is 3. The molecule has 8 aromatic carbocycles. The van der Waals surface area contributed by atoms with Gasteiger partial charge in [0.25, 0.3) is 0 Å². The fourth-order valence-electron chi connectivity index (χ4n) is 8.83. The van der Waals surface area contributed by atoms with Gasteiger partial charge in [0.2, 0.25) is 0 Å². The minimum atomic E-state index is 1.11. The summed E-state index contributed by atoms with van der Waals surface area (Å²) in [6, 6.07) is 64.7. The summed E-state index contributed by atoms with van der Waals surface area (Å²) in [6.07, 6.45) is 0. The van der Waals surface area contributed by atoms with Crippen LogP contribution < -0.4 is 4.90 Å². The van der Waals surface area contributed by atoms with Crippen molar-refractivity contribution in [3.8, 4) is 11.1 Å². The van der Waals surface area contributed by atoms with Gasteiger partial charge in [-0.05, 0) is 66.2 Å². The highest BCUT2D eigenvalue weighted by molar-refractivity contribution is 7.25. The molecule has 0 saturated carbocycles. The van der Waals surface area contributed by atoms with Crippen molar-refractivity contribution in [2.75, 3.05) is 4.90 Å². The summed E-state index contributed by atoms with van der Waals surface area (Å²) in [4.78, 5) is 2.46.